The molecule has 0 aliphatic carbocycles. The summed E-state index contributed by atoms with van der Waals surface area (Å²) in [6.45, 7) is 0.182. The minimum atomic E-state index is -0.393. The minimum Gasteiger partial charge on any atom is -0.489 e. The molecule has 3 aromatic rings. The summed E-state index contributed by atoms with van der Waals surface area (Å²) in [6.07, 6.45) is -0.393. The predicted molar refractivity (Wildman–Crippen MR) is 113 cm³/mol. The first-order chi connectivity index (χ1) is 14.0. The molecule has 7 heteroatoms. The maximum atomic E-state index is 13.8. The summed E-state index contributed by atoms with van der Waals surface area (Å²) in [6, 6.07) is 18.4. The predicted octanol–water partition coefficient (Wildman–Crippen LogP) is 3.39. The SMILES string of the molecule is CN(C)C1=NC(c2ccc3cc(OCc4ccccc4F)ccc3c2)N=C(N)N1. The molecule has 0 saturated carbocycles. The van der Waals surface area contributed by atoms with Gasteiger partial charge in [-0.15, -0.1) is 0 Å². The van der Waals surface area contributed by atoms with Crippen LogP contribution in [-0.2, 0) is 6.61 Å². The summed E-state index contributed by atoms with van der Waals surface area (Å²) < 4.78 is 19.5. The first-order valence-electron chi connectivity index (χ1n) is 9.25. The van der Waals surface area contributed by atoms with E-state index >= 15 is 0 Å². The van der Waals surface area contributed by atoms with Crippen molar-refractivity contribution in [3.8, 4) is 5.75 Å². The molecule has 148 valence electrons. The van der Waals surface area contributed by atoms with E-state index in [1.54, 1.807) is 18.2 Å². The molecule has 3 N–H and O–H groups in total. The van der Waals surface area contributed by atoms with Gasteiger partial charge in [-0.1, -0.05) is 36.4 Å². The van der Waals surface area contributed by atoms with E-state index in [1.165, 1.54) is 6.07 Å². The zero-order valence-corrected chi connectivity index (χ0v) is 16.3. The van der Waals surface area contributed by atoms with E-state index in [9.17, 15) is 4.39 Å². The van der Waals surface area contributed by atoms with Gasteiger partial charge >= 0.3 is 0 Å². The monoisotopic (exact) mass is 391 g/mol. The minimum absolute atomic E-state index is 0.182. The zero-order valence-electron chi connectivity index (χ0n) is 16.3. The molecule has 4 rings (SSSR count). The third-order valence-electron chi connectivity index (χ3n) is 4.66. The van der Waals surface area contributed by atoms with Gasteiger partial charge < -0.3 is 15.4 Å². The van der Waals surface area contributed by atoms with Gasteiger partial charge in [0.05, 0.1) is 0 Å². The van der Waals surface area contributed by atoms with Gasteiger partial charge in [0.1, 0.15) is 18.2 Å². The van der Waals surface area contributed by atoms with Gasteiger partial charge in [-0.2, -0.15) is 0 Å². The average molecular weight is 391 g/mol. The van der Waals surface area contributed by atoms with Crippen LogP contribution in [0.2, 0.25) is 0 Å². The highest BCUT2D eigenvalue weighted by molar-refractivity contribution is 5.99. The summed E-state index contributed by atoms with van der Waals surface area (Å²) in [5, 5.41) is 5.00. The summed E-state index contributed by atoms with van der Waals surface area (Å²) in [4.78, 5) is 10.8. The normalized spacial score (nSPS) is 16.0. The number of halogens is 1. The maximum Gasteiger partial charge on any atom is 0.202 e. The topological polar surface area (TPSA) is 75.2 Å². The van der Waals surface area contributed by atoms with E-state index in [4.69, 9.17) is 10.5 Å². The van der Waals surface area contributed by atoms with Gasteiger partial charge in [-0.05, 0) is 40.6 Å². The van der Waals surface area contributed by atoms with Crippen LogP contribution in [-0.4, -0.2) is 30.9 Å². The van der Waals surface area contributed by atoms with Gasteiger partial charge in [-0.3, -0.25) is 5.32 Å². The second kappa shape index (κ2) is 7.79. The molecule has 0 amide bonds. The Morgan fingerprint density at radius 3 is 2.59 bits per heavy atom. The zero-order chi connectivity index (χ0) is 20.4. The lowest BCUT2D eigenvalue weighted by atomic mass is 10.1. The molecule has 1 heterocycles. The van der Waals surface area contributed by atoms with Gasteiger partial charge in [0.25, 0.3) is 0 Å². The van der Waals surface area contributed by atoms with E-state index in [1.807, 2.05) is 55.4 Å². The lowest BCUT2D eigenvalue weighted by Crippen LogP contribution is -2.46. The number of nitrogens with two attached hydrogens (primary N) is 1. The van der Waals surface area contributed by atoms with Crippen LogP contribution in [0.4, 0.5) is 4.39 Å². The van der Waals surface area contributed by atoms with Crippen LogP contribution in [0.5, 0.6) is 5.75 Å². The Bertz CT molecular complexity index is 1110. The number of hydrogen-bond acceptors (Lipinski definition) is 6. The van der Waals surface area contributed by atoms with Gasteiger partial charge in [0.15, 0.2) is 12.1 Å². The fourth-order valence-corrected chi connectivity index (χ4v) is 3.10. The number of ether oxygens (including phenoxy) is 1. The maximum absolute atomic E-state index is 13.8. The molecule has 6 nitrogen and oxygen atoms in total. The van der Waals surface area contributed by atoms with Crippen molar-refractivity contribution in [1.29, 1.82) is 0 Å². The van der Waals surface area contributed by atoms with Crippen molar-refractivity contribution in [3.05, 3.63) is 77.6 Å². The molecular formula is C22H22FN5O. The molecule has 1 aliphatic heterocycles. The standard InChI is InChI=1S/C22H22FN5O/c1-28(2)22-26-20(25-21(24)27-22)16-8-7-15-12-18(10-9-14(15)11-16)29-13-17-5-3-4-6-19(17)23/h3-12,20H,13H2,1-2H3,(H3,24,25,26,27). The third-order valence-corrected chi connectivity index (χ3v) is 4.66. The molecule has 0 aromatic heterocycles. The number of aliphatic imine (C=N–C) groups is 2. The second-order valence-corrected chi connectivity index (χ2v) is 7.01. The van der Waals surface area contributed by atoms with Crippen molar-refractivity contribution in [2.45, 2.75) is 12.8 Å². The Balaban J connectivity index is 1.56. The molecule has 0 fully saturated rings. The van der Waals surface area contributed by atoms with Crippen LogP contribution in [0.1, 0.15) is 17.3 Å². The quantitative estimate of drug-likeness (QED) is 0.715. The number of hydrogen-bond donors (Lipinski definition) is 2. The first kappa shape index (κ1) is 18.7. The molecule has 0 radical (unpaired) electrons. The number of benzene rings is 3. The highest BCUT2D eigenvalue weighted by Crippen LogP contribution is 2.28. The molecule has 1 atom stereocenters. The number of guanidine groups is 2. The van der Waals surface area contributed by atoms with Crippen molar-refractivity contribution in [2.24, 2.45) is 15.7 Å². The molecule has 3 aromatic carbocycles. The first-order valence-corrected chi connectivity index (χ1v) is 9.25. The number of rotatable bonds is 4. The van der Waals surface area contributed by atoms with Crippen molar-refractivity contribution < 1.29 is 9.13 Å². The van der Waals surface area contributed by atoms with E-state index in [-0.39, 0.29) is 12.4 Å². The van der Waals surface area contributed by atoms with Crippen LogP contribution < -0.4 is 15.8 Å². The van der Waals surface area contributed by atoms with Crippen LogP contribution in [0, 0.1) is 5.82 Å². The Labute approximate surface area is 168 Å². The lowest BCUT2D eigenvalue weighted by Gasteiger charge is -2.23. The fraction of sp³-hybridized carbons (Fsp3) is 0.182. The van der Waals surface area contributed by atoms with Crippen LogP contribution in [0.15, 0.2) is 70.6 Å². The van der Waals surface area contributed by atoms with E-state index in [0.717, 1.165) is 16.3 Å². The lowest BCUT2D eigenvalue weighted by molar-refractivity contribution is 0.300. The number of nitrogens with zero attached hydrogens (tertiary/aromatic N) is 3. The van der Waals surface area contributed by atoms with Crippen molar-refractivity contribution in [3.63, 3.8) is 0 Å². The summed E-state index contributed by atoms with van der Waals surface area (Å²) >= 11 is 0. The molecule has 0 bridgehead atoms. The summed E-state index contributed by atoms with van der Waals surface area (Å²) in [5.74, 6) is 1.42. The third kappa shape index (κ3) is 4.13. The van der Waals surface area contributed by atoms with Crippen molar-refractivity contribution in [1.82, 2.24) is 10.2 Å². The molecular weight excluding hydrogens is 369 g/mol. The highest BCUT2D eigenvalue weighted by atomic mass is 19.1. The van der Waals surface area contributed by atoms with E-state index in [0.29, 0.717) is 23.2 Å². The smallest absolute Gasteiger partial charge is 0.202 e. The fourth-order valence-electron chi connectivity index (χ4n) is 3.10. The van der Waals surface area contributed by atoms with Gasteiger partial charge in [0, 0.05) is 19.7 Å². The van der Waals surface area contributed by atoms with Crippen molar-refractivity contribution >= 4 is 22.7 Å². The summed E-state index contributed by atoms with van der Waals surface area (Å²) in [5.41, 5.74) is 7.38. The Kier molecular flexibility index (Phi) is 5.03. The van der Waals surface area contributed by atoms with Crippen LogP contribution in [0.25, 0.3) is 10.8 Å². The molecule has 0 saturated heterocycles. The Morgan fingerprint density at radius 2 is 1.79 bits per heavy atom. The highest BCUT2D eigenvalue weighted by Gasteiger charge is 2.18. The number of nitrogens with one attached hydrogen (secondary N) is 1. The van der Waals surface area contributed by atoms with E-state index in [2.05, 4.69) is 15.3 Å². The Hall–Kier alpha value is -3.61. The molecule has 1 unspecified atom stereocenters. The molecule has 0 spiro atoms. The van der Waals surface area contributed by atoms with E-state index < -0.39 is 6.17 Å². The van der Waals surface area contributed by atoms with Crippen molar-refractivity contribution in [2.75, 3.05) is 14.1 Å². The second-order valence-electron chi connectivity index (χ2n) is 7.01. The van der Waals surface area contributed by atoms with Gasteiger partial charge in [-0.25, -0.2) is 14.4 Å². The Morgan fingerprint density at radius 1 is 1.03 bits per heavy atom. The van der Waals surface area contributed by atoms with Crippen LogP contribution >= 0.6 is 0 Å². The average Bonchev–Trinajstić information content (AvgIpc) is 2.72. The molecule has 29 heavy (non-hydrogen) atoms. The summed E-state index contributed by atoms with van der Waals surface area (Å²) in [7, 11) is 3.79. The largest absolute Gasteiger partial charge is 0.489 e. The number of fused-ring (bicyclic) bond motifs is 1. The van der Waals surface area contributed by atoms with Crippen LogP contribution in [0.3, 0.4) is 0 Å². The molecule has 1 aliphatic rings. The van der Waals surface area contributed by atoms with Gasteiger partial charge in [0.2, 0.25) is 5.96 Å².